The van der Waals surface area contributed by atoms with E-state index in [2.05, 4.69) is 6.92 Å². The van der Waals surface area contributed by atoms with E-state index in [-0.39, 0.29) is 11.8 Å². The van der Waals surface area contributed by atoms with Crippen LogP contribution in [0, 0.1) is 0 Å². The summed E-state index contributed by atoms with van der Waals surface area (Å²) in [5.41, 5.74) is 2.96. The van der Waals surface area contributed by atoms with Crippen molar-refractivity contribution in [1.29, 1.82) is 0 Å². The van der Waals surface area contributed by atoms with Crippen LogP contribution in [0.3, 0.4) is 0 Å². The molecular formula is C21H21NO3S. The van der Waals surface area contributed by atoms with E-state index in [1.807, 2.05) is 43.3 Å². The lowest BCUT2D eigenvalue weighted by molar-refractivity contribution is -0.119. The van der Waals surface area contributed by atoms with Crippen molar-refractivity contribution < 1.29 is 14.3 Å². The molecule has 0 fully saturated rings. The highest BCUT2D eigenvalue weighted by Crippen LogP contribution is 2.38. The van der Waals surface area contributed by atoms with Crippen LogP contribution in [0.15, 0.2) is 53.4 Å². The molecular weight excluding hydrogens is 346 g/mol. The summed E-state index contributed by atoms with van der Waals surface area (Å²) in [7, 11) is 1.60. The minimum absolute atomic E-state index is 0.253. The molecule has 4 nitrogen and oxygen atoms in total. The number of carbonyl (C=O) groups excluding carboxylic acids is 2. The third kappa shape index (κ3) is 3.27. The summed E-state index contributed by atoms with van der Waals surface area (Å²) in [6.45, 7) is 4.04. The van der Waals surface area contributed by atoms with E-state index in [0.29, 0.717) is 21.9 Å². The molecule has 0 N–H and O–H groups in total. The third-order valence-electron chi connectivity index (χ3n) is 4.31. The van der Waals surface area contributed by atoms with Gasteiger partial charge in [0.1, 0.15) is 5.75 Å². The van der Waals surface area contributed by atoms with E-state index < -0.39 is 0 Å². The van der Waals surface area contributed by atoms with Crippen LogP contribution in [0.1, 0.15) is 25.0 Å². The second kappa shape index (κ2) is 7.79. The summed E-state index contributed by atoms with van der Waals surface area (Å²) in [6, 6.07) is 14.8. The molecule has 0 spiro atoms. The van der Waals surface area contributed by atoms with Crippen molar-refractivity contribution >= 4 is 34.8 Å². The predicted octanol–water partition coefficient (Wildman–Crippen LogP) is 4.30. The van der Waals surface area contributed by atoms with Crippen molar-refractivity contribution in [3.05, 3.63) is 64.6 Å². The molecule has 134 valence electrons. The summed E-state index contributed by atoms with van der Waals surface area (Å²) < 4.78 is 5.18. The van der Waals surface area contributed by atoms with E-state index in [1.54, 1.807) is 19.2 Å². The van der Waals surface area contributed by atoms with Crippen LogP contribution in [0.25, 0.3) is 5.57 Å². The number of hydrogen-bond acceptors (Lipinski definition) is 4. The molecule has 0 saturated heterocycles. The van der Waals surface area contributed by atoms with Gasteiger partial charge in [0.05, 0.1) is 23.3 Å². The van der Waals surface area contributed by atoms with E-state index in [0.717, 1.165) is 17.7 Å². The number of rotatable bonds is 6. The quantitative estimate of drug-likeness (QED) is 0.715. The van der Waals surface area contributed by atoms with Crippen LogP contribution in [0.5, 0.6) is 5.75 Å². The number of imide groups is 1. The standard InChI is InChI=1S/C21H21NO3S/c1-4-14-6-10-16(11-7-14)22-20(23)18(19(21(22)24)26-5-2)15-8-12-17(25-3)13-9-15/h6-13H,4-5H2,1-3H3. The number of thioether (sulfide) groups is 1. The zero-order valence-electron chi connectivity index (χ0n) is 15.1. The van der Waals surface area contributed by atoms with Gasteiger partial charge in [-0.2, -0.15) is 0 Å². The number of amides is 2. The topological polar surface area (TPSA) is 46.6 Å². The second-order valence-corrected chi connectivity index (χ2v) is 7.11. The summed E-state index contributed by atoms with van der Waals surface area (Å²) >= 11 is 1.41. The van der Waals surface area contributed by atoms with Crippen molar-refractivity contribution in [3.63, 3.8) is 0 Å². The maximum Gasteiger partial charge on any atom is 0.272 e. The summed E-state index contributed by atoms with van der Waals surface area (Å²) in [5.74, 6) is 0.900. The molecule has 5 heteroatoms. The highest BCUT2D eigenvalue weighted by atomic mass is 32.2. The number of aryl methyl sites for hydroxylation is 1. The molecule has 0 aromatic heterocycles. The van der Waals surface area contributed by atoms with Crippen LogP contribution in [0.2, 0.25) is 0 Å². The van der Waals surface area contributed by atoms with E-state index in [9.17, 15) is 9.59 Å². The lowest BCUT2D eigenvalue weighted by atomic mass is 10.1. The number of ether oxygens (including phenoxy) is 1. The van der Waals surface area contributed by atoms with Crippen molar-refractivity contribution in [2.24, 2.45) is 0 Å². The fourth-order valence-electron chi connectivity index (χ4n) is 2.92. The lowest BCUT2D eigenvalue weighted by Gasteiger charge is -2.15. The number of benzene rings is 2. The highest BCUT2D eigenvalue weighted by molar-refractivity contribution is 8.04. The highest BCUT2D eigenvalue weighted by Gasteiger charge is 2.39. The first kappa shape index (κ1) is 18.3. The van der Waals surface area contributed by atoms with E-state index >= 15 is 0 Å². The Kier molecular flexibility index (Phi) is 5.47. The maximum absolute atomic E-state index is 13.1. The minimum Gasteiger partial charge on any atom is -0.497 e. The normalized spacial score (nSPS) is 14.3. The third-order valence-corrected chi connectivity index (χ3v) is 5.27. The van der Waals surface area contributed by atoms with Gasteiger partial charge in [-0.15, -0.1) is 11.8 Å². The molecule has 2 aromatic rings. The van der Waals surface area contributed by atoms with Crippen molar-refractivity contribution in [1.82, 2.24) is 0 Å². The Morgan fingerprint density at radius 2 is 1.58 bits per heavy atom. The molecule has 0 unspecified atom stereocenters. The SMILES string of the molecule is CCSC1=C(c2ccc(OC)cc2)C(=O)N(c2ccc(CC)cc2)C1=O. The second-order valence-electron chi connectivity index (χ2n) is 5.83. The molecule has 1 heterocycles. The first-order chi connectivity index (χ1) is 12.6. The van der Waals surface area contributed by atoms with Gasteiger partial charge < -0.3 is 4.74 Å². The molecule has 0 saturated carbocycles. The fraction of sp³-hybridized carbons (Fsp3) is 0.238. The molecule has 26 heavy (non-hydrogen) atoms. The first-order valence-electron chi connectivity index (χ1n) is 8.59. The molecule has 2 amide bonds. The molecule has 0 atom stereocenters. The average Bonchev–Trinajstić information content (AvgIpc) is 2.92. The average molecular weight is 367 g/mol. The Morgan fingerprint density at radius 3 is 2.12 bits per heavy atom. The van der Waals surface area contributed by atoms with Crippen LogP contribution >= 0.6 is 11.8 Å². The van der Waals surface area contributed by atoms with Gasteiger partial charge in [-0.05, 0) is 47.6 Å². The monoisotopic (exact) mass is 367 g/mol. The van der Waals surface area contributed by atoms with Gasteiger partial charge in [0.2, 0.25) is 0 Å². The number of methoxy groups -OCH3 is 1. The molecule has 0 radical (unpaired) electrons. The lowest BCUT2D eigenvalue weighted by Crippen LogP contribution is -2.31. The van der Waals surface area contributed by atoms with Gasteiger partial charge >= 0.3 is 0 Å². The fourth-order valence-corrected chi connectivity index (χ4v) is 3.77. The van der Waals surface area contributed by atoms with Gasteiger partial charge in [-0.3, -0.25) is 9.59 Å². The Hall–Kier alpha value is -2.53. The van der Waals surface area contributed by atoms with Crippen LogP contribution in [-0.2, 0) is 16.0 Å². The minimum atomic E-state index is -0.277. The summed E-state index contributed by atoms with van der Waals surface area (Å²) in [5, 5.41) is 0. The summed E-state index contributed by atoms with van der Waals surface area (Å²) in [4.78, 5) is 27.9. The Labute approximate surface area is 157 Å². The number of carbonyl (C=O) groups is 2. The molecule has 1 aliphatic rings. The number of nitrogens with zero attached hydrogens (tertiary/aromatic N) is 1. The van der Waals surface area contributed by atoms with Crippen LogP contribution < -0.4 is 9.64 Å². The first-order valence-corrected chi connectivity index (χ1v) is 9.58. The smallest absolute Gasteiger partial charge is 0.272 e. The Morgan fingerprint density at radius 1 is 0.923 bits per heavy atom. The molecule has 0 bridgehead atoms. The van der Waals surface area contributed by atoms with Gasteiger partial charge in [0.25, 0.3) is 11.8 Å². The molecule has 3 rings (SSSR count). The zero-order chi connectivity index (χ0) is 18.7. The van der Waals surface area contributed by atoms with Gasteiger partial charge in [0, 0.05) is 0 Å². The van der Waals surface area contributed by atoms with Crippen LogP contribution in [0.4, 0.5) is 5.69 Å². The van der Waals surface area contributed by atoms with Crippen molar-refractivity contribution in [3.8, 4) is 5.75 Å². The zero-order valence-corrected chi connectivity index (χ0v) is 15.9. The maximum atomic E-state index is 13.1. The largest absolute Gasteiger partial charge is 0.497 e. The summed E-state index contributed by atoms with van der Waals surface area (Å²) in [6.07, 6.45) is 0.911. The van der Waals surface area contributed by atoms with E-state index in [1.165, 1.54) is 22.2 Å². The Bertz CT molecular complexity index is 854. The van der Waals surface area contributed by atoms with Crippen molar-refractivity contribution in [2.75, 3.05) is 17.8 Å². The molecule has 1 aliphatic heterocycles. The Balaban J connectivity index is 2.02. The van der Waals surface area contributed by atoms with Crippen LogP contribution in [-0.4, -0.2) is 24.7 Å². The molecule has 0 aliphatic carbocycles. The van der Waals surface area contributed by atoms with Gasteiger partial charge in [-0.1, -0.05) is 38.1 Å². The molecule has 2 aromatic carbocycles. The van der Waals surface area contributed by atoms with Crippen molar-refractivity contribution in [2.45, 2.75) is 20.3 Å². The number of anilines is 1. The van der Waals surface area contributed by atoms with E-state index in [4.69, 9.17) is 4.74 Å². The predicted molar refractivity (Wildman–Crippen MR) is 106 cm³/mol. The van der Waals surface area contributed by atoms with Gasteiger partial charge in [-0.25, -0.2) is 4.90 Å². The van der Waals surface area contributed by atoms with Gasteiger partial charge in [0.15, 0.2) is 0 Å². The number of hydrogen-bond donors (Lipinski definition) is 0.